The summed E-state index contributed by atoms with van der Waals surface area (Å²) in [7, 11) is 0. The fourth-order valence-corrected chi connectivity index (χ4v) is 2.79. The van der Waals surface area contributed by atoms with Gasteiger partial charge in [0.1, 0.15) is 5.54 Å². The molecule has 1 N–H and O–H groups in total. The van der Waals surface area contributed by atoms with E-state index in [0.29, 0.717) is 19.1 Å². The fourth-order valence-electron chi connectivity index (χ4n) is 2.79. The molecule has 2 fully saturated rings. The van der Waals surface area contributed by atoms with E-state index >= 15 is 0 Å². The Morgan fingerprint density at radius 2 is 2.21 bits per heavy atom. The molecule has 0 aromatic rings. The van der Waals surface area contributed by atoms with Crippen LogP contribution in [0.5, 0.6) is 0 Å². The van der Waals surface area contributed by atoms with Crippen LogP contribution in [0.15, 0.2) is 0 Å². The van der Waals surface area contributed by atoms with Crippen molar-refractivity contribution in [2.75, 3.05) is 19.7 Å². The SMILES string of the molecule is CC1(C)NC(=O)CCN(CCCC2CCCO2)C1=O. The molecule has 108 valence electrons. The Morgan fingerprint density at radius 3 is 2.89 bits per heavy atom. The van der Waals surface area contributed by atoms with Gasteiger partial charge in [-0.05, 0) is 39.5 Å². The van der Waals surface area contributed by atoms with Crippen molar-refractivity contribution < 1.29 is 14.3 Å². The van der Waals surface area contributed by atoms with Gasteiger partial charge in [0.15, 0.2) is 0 Å². The van der Waals surface area contributed by atoms with Gasteiger partial charge in [-0.15, -0.1) is 0 Å². The van der Waals surface area contributed by atoms with E-state index in [-0.39, 0.29) is 11.8 Å². The van der Waals surface area contributed by atoms with Gasteiger partial charge in [0.2, 0.25) is 11.8 Å². The van der Waals surface area contributed by atoms with Crippen LogP contribution in [0, 0.1) is 0 Å². The Bertz CT molecular complexity index is 349. The van der Waals surface area contributed by atoms with Crippen LogP contribution < -0.4 is 5.32 Å². The van der Waals surface area contributed by atoms with E-state index < -0.39 is 5.54 Å². The Balaban J connectivity index is 1.83. The second kappa shape index (κ2) is 5.90. The summed E-state index contributed by atoms with van der Waals surface area (Å²) < 4.78 is 5.58. The Kier molecular flexibility index (Phi) is 4.45. The molecular formula is C14H24N2O3. The summed E-state index contributed by atoms with van der Waals surface area (Å²) in [4.78, 5) is 25.7. The van der Waals surface area contributed by atoms with Gasteiger partial charge in [0.25, 0.3) is 0 Å². The molecule has 19 heavy (non-hydrogen) atoms. The van der Waals surface area contributed by atoms with Crippen LogP contribution in [-0.2, 0) is 14.3 Å². The van der Waals surface area contributed by atoms with Crippen LogP contribution in [0.4, 0.5) is 0 Å². The summed E-state index contributed by atoms with van der Waals surface area (Å²) in [6, 6.07) is 0. The third-order valence-corrected chi connectivity index (χ3v) is 3.86. The lowest BCUT2D eigenvalue weighted by molar-refractivity contribution is -0.137. The van der Waals surface area contributed by atoms with E-state index in [1.807, 2.05) is 4.90 Å². The molecule has 1 atom stereocenters. The molecule has 0 saturated carbocycles. The highest BCUT2D eigenvalue weighted by molar-refractivity contribution is 5.92. The summed E-state index contributed by atoms with van der Waals surface area (Å²) in [6.45, 7) is 5.66. The zero-order chi connectivity index (χ0) is 13.9. The minimum absolute atomic E-state index is 0.0192. The number of carbonyl (C=O) groups excluding carboxylic acids is 2. The maximum atomic E-state index is 12.3. The smallest absolute Gasteiger partial charge is 0.247 e. The van der Waals surface area contributed by atoms with Crippen molar-refractivity contribution in [1.29, 1.82) is 0 Å². The largest absolute Gasteiger partial charge is 0.378 e. The molecular weight excluding hydrogens is 244 g/mol. The molecule has 0 aromatic heterocycles. The highest BCUT2D eigenvalue weighted by Crippen LogP contribution is 2.18. The van der Waals surface area contributed by atoms with Crippen LogP contribution in [0.1, 0.15) is 46.0 Å². The first kappa shape index (κ1) is 14.3. The first-order valence-electron chi connectivity index (χ1n) is 7.21. The molecule has 0 spiro atoms. The number of carbonyl (C=O) groups is 2. The summed E-state index contributed by atoms with van der Waals surface area (Å²) >= 11 is 0. The van der Waals surface area contributed by atoms with Crippen LogP contribution >= 0.6 is 0 Å². The molecule has 5 heteroatoms. The molecule has 2 amide bonds. The molecule has 0 aromatic carbocycles. The second-order valence-corrected chi connectivity index (χ2v) is 5.99. The predicted molar refractivity (Wildman–Crippen MR) is 71.6 cm³/mol. The Labute approximate surface area is 114 Å². The molecule has 2 rings (SSSR count). The van der Waals surface area contributed by atoms with Crippen molar-refractivity contribution in [3.63, 3.8) is 0 Å². The second-order valence-electron chi connectivity index (χ2n) is 5.99. The maximum Gasteiger partial charge on any atom is 0.247 e. The van der Waals surface area contributed by atoms with E-state index in [9.17, 15) is 9.59 Å². The lowest BCUT2D eigenvalue weighted by atomic mass is 10.0. The molecule has 0 aliphatic carbocycles. The van der Waals surface area contributed by atoms with Gasteiger partial charge in [0, 0.05) is 26.1 Å². The number of ether oxygens (including phenoxy) is 1. The van der Waals surface area contributed by atoms with Crippen LogP contribution in [0.3, 0.4) is 0 Å². The fraction of sp³-hybridized carbons (Fsp3) is 0.857. The van der Waals surface area contributed by atoms with Crippen molar-refractivity contribution in [3.05, 3.63) is 0 Å². The highest BCUT2D eigenvalue weighted by Gasteiger charge is 2.36. The minimum Gasteiger partial charge on any atom is -0.378 e. The average molecular weight is 268 g/mol. The van der Waals surface area contributed by atoms with E-state index in [2.05, 4.69) is 5.32 Å². The van der Waals surface area contributed by atoms with Gasteiger partial charge in [-0.25, -0.2) is 0 Å². The molecule has 5 nitrogen and oxygen atoms in total. The summed E-state index contributed by atoms with van der Waals surface area (Å²) in [5.41, 5.74) is -0.780. The first-order valence-corrected chi connectivity index (χ1v) is 7.21. The number of hydrogen-bond donors (Lipinski definition) is 1. The third kappa shape index (κ3) is 3.69. The molecule has 2 aliphatic rings. The minimum atomic E-state index is -0.780. The summed E-state index contributed by atoms with van der Waals surface area (Å²) in [5, 5.41) is 2.77. The first-order chi connectivity index (χ1) is 8.99. The lowest BCUT2D eigenvalue weighted by Crippen LogP contribution is -2.52. The summed E-state index contributed by atoms with van der Waals surface area (Å²) in [5.74, 6) is -0.0225. The van der Waals surface area contributed by atoms with Crippen LogP contribution in [0.25, 0.3) is 0 Å². The van der Waals surface area contributed by atoms with E-state index in [1.165, 1.54) is 0 Å². The number of amides is 2. The Morgan fingerprint density at radius 1 is 1.42 bits per heavy atom. The molecule has 2 heterocycles. The topological polar surface area (TPSA) is 58.6 Å². The number of rotatable bonds is 4. The molecule has 0 radical (unpaired) electrons. The monoisotopic (exact) mass is 268 g/mol. The van der Waals surface area contributed by atoms with Crippen molar-refractivity contribution in [2.24, 2.45) is 0 Å². The predicted octanol–water partition coefficient (Wildman–Crippen LogP) is 1.07. The van der Waals surface area contributed by atoms with Gasteiger partial charge < -0.3 is 15.0 Å². The van der Waals surface area contributed by atoms with Gasteiger partial charge >= 0.3 is 0 Å². The number of nitrogens with zero attached hydrogens (tertiary/aromatic N) is 1. The highest BCUT2D eigenvalue weighted by atomic mass is 16.5. The maximum absolute atomic E-state index is 12.3. The zero-order valence-electron chi connectivity index (χ0n) is 11.9. The van der Waals surface area contributed by atoms with E-state index in [1.54, 1.807) is 13.8 Å². The van der Waals surface area contributed by atoms with Gasteiger partial charge in [-0.2, -0.15) is 0 Å². The molecule has 2 saturated heterocycles. The number of hydrogen-bond acceptors (Lipinski definition) is 3. The van der Waals surface area contributed by atoms with Crippen molar-refractivity contribution in [3.8, 4) is 0 Å². The van der Waals surface area contributed by atoms with Crippen molar-refractivity contribution in [2.45, 2.75) is 57.6 Å². The third-order valence-electron chi connectivity index (χ3n) is 3.86. The summed E-state index contributed by atoms with van der Waals surface area (Å²) in [6.07, 6.45) is 5.01. The molecule has 0 bridgehead atoms. The lowest BCUT2D eigenvalue weighted by Gasteiger charge is -2.29. The normalized spacial score (nSPS) is 27.3. The van der Waals surface area contributed by atoms with E-state index in [4.69, 9.17) is 4.74 Å². The zero-order valence-corrected chi connectivity index (χ0v) is 11.9. The molecule has 2 aliphatic heterocycles. The van der Waals surface area contributed by atoms with Crippen molar-refractivity contribution in [1.82, 2.24) is 10.2 Å². The van der Waals surface area contributed by atoms with Gasteiger partial charge in [0.05, 0.1) is 6.10 Å². The Hall–Kier alpha value is -1.10. The standard InChI is InChI=1S/C14H24N2O3/c1-14(2)13(18)16(9-7-12(17)15-14)8-3-5-11-6-4-10-19-11/h11H,3-10H2,1-2H3,(H,15,17). The van der Waals surface area contributed by atoms with Crippen LogP contribution in [-0.4, -0.2) is 48.1 Å². The molecule has 1 unspecified atom stereocenters. The quantitative estimate of drug-likeness (QED) is 0.830. The van der Waals surface area contributed by atoms with Gasteiger partial charge in [-0.3, -0.25) is 9.59 Å². The van der Waals surface area contributed by atoms with E-state index in [0.717, 1.165) is 38.8 Å². The van der Waals surface area contributed by atoms with Crippen molar-refractivity contribution >= 4 is 11.8 Å². The number of nitrogens with one attached hydrogen (secondary N) is 1. The van der Waals surface area contributed by atoms with Crippen LogP contribution in [0.2, 0.25) is 0 Å². The average Bonchev–Trinajstić information content (AvgIpc) is 2.81. The van der Waals surface area contributed by atoms with Gasteiger partial charge in [-0.1, -0.05) is 0 Å².